The predicted octanol–water partition coefficient (Wildman–Crippen LogP) is 1.49. The minimum atomic E-state index is -0.191. The number of aryl methyl sites for hydroxylation is 1. The first-order chi connectivity index (χ1) is 12.6. The Bertz CT molecular complexity index is 751. The number of pyridine rings is 1. The van der Waals surface area contributed by atoms with Crippen molar-refractivity contribution in [2.75, 3.05) is 6.54 Å². The van der Waals surface area contributed by atoms with E-state index in [-0.39, 0.29) is 18.0 Å². The lowest BCUT2D eigenvalue weighted by Crippen LogP contribution is -2.45. The van der Waals surface area contributed by atoms with Crippen LogP contribution < -0.4 is 10.6 Å². The smallest absolute Gasteiger partial charge is 0.318 e. The van der Waals surface area contributed by atoms with Gasteiger partial charge in [-0.15, -0.1) is 10.2 Å². The molecular weight excluding hydrogens is 352 g/mol. The molecule has 1 aliphatic heterocycles. The van der Waals surface area contributed by atoms with Crippen molar-refractivity contribution >= 4 is 23.3 Å². The van der Waals surface area contributed by atoms with Crippen molar-refractivity contribution in [2.24, 2.45) is 0 Å². The Morgan fingerprint density at radius 2 is 2.27 bits per heavy atom. The van der Waals surface area contributed by atoms with Crippen LogP contribution in [0.1, 0.15) is 35.3 Å². The second kappa shape index (κ2) is 8.70. The molecule has 0 aliphatic carbocycles. The maximum Gasteiger partial charge on any atom is 0.318 e. The van der Waals surface area contributed by atoms with E-state index < -0.39 is 0 Å². The van der Waals surface area contributed by atoms with E-state index in [0.717, 1.165) is 28.4 Å². The van der Waals surface area contributed by atoms with Crippen LogP contribution in [0.2, 0.25) is 0 Å². The van der Waals surface area contributed by atoms with E-state index in [2.05, 4.69) is 25.8 Å². The number of urea groups is 1. The fourth-order valence-electron chi connectivity index (χ4n) is 2.78. The number of nitrogens with zero attached hydrogens (tertiary/aromatic N) is 4. The van der Waals surface area contributed by atoms with Gasteiger partial charge in [-0.25, -0.2) is 4.79 Å². The molecule has 0 aromatic carbocycles. The topological polar surface area (TPSA) is 100 Å². The molecule has 0 unspecified atom stereocenters. The van der Waals surface area contributed by atoms with Crippen molar-refractivity contribution in [3.8, 4) is 0 Å². The zero-order valence-electron chi connectivity index (χ0n) is 14.6. The molecule has 0 radical (unpaired) electrons. The Morgan fingerprint density at radius 3 is 2.92 bits per heavy atom. The van der Waals surface area contributed by atoms with E-state index in [0.29, 0.717) is 26.1 Å². The third-order valence-corrected chi connectivity index (χ3v) is 5.18. The molecule has 0 bridgehead atoms. The van der Waals surface area contributed by atoms with Crippen molar-refractivity contribution < 1.29 is 9.59 Å². The summed E-state index contributed by atoms with van der Waals surface area (Å²) in [5.74, 6) is 0.0395. The molecule has 26 heavy (non-hydrogen) atoms. The van der Waals surface area contributed by atoms with Crippen LogP contribution in [-0.4, -0.2) is 44.6 Å². The van der Waals surface area contributed by atoms with Gasteiger partial charge >= 0.3 is 6.03 Å². The Kier molecular flexibility index (Phi) is 6.11. The monoisotopic (exact) mass is 374 g/mol. The predicted molar refractivity (Wildman–Crippen MR) is 97.3 cm³/mol. The molecule has 0 spiro atoms. The van der Waals surface area contributed by atoms with Crippen LogP contribution in [0.25, 0.3) is 0 Å². The van der Waals surface area contributed by atoms with Crippen LogP contribution >= 0.6 is 11.3 Å². The number of rotatable bonds is 7. The summed E-state index contributed by atoms with van der Waals surface area (Å²) in [6, 6.07) is 3.57. The minimum absolute atomic E-state index is 0.0156. The molecule has 3 rings (SSSR count). The molecule has 1 aliphatic rings. The Hall–Kier alpha value is -2.55. The lowest BCUT2D eigenvalue weighted by molar-refractivity contribution is -0.119. The summed E-state index contributed by atoms with van der Waals surface area (Å²) >= 11 is 1.50. The molecule has 2 aromatic heterocycles. The highest BCUT2D eigenvalue weighted by molar-refractivity contribution is 7.11. The molecule has 1 atom stereocenters. The van der Waals surface area contributed by atoms with Crippen molar-refractivity contribution in [3.05, 3.63) is 40.1 Å². The van der Waals surface area contributed by atoms with E-state index in [9.17, 15) is 9.59 Å². The summed E-state index contributed by atoms with van der Waals surface area (Å²) in [5.41, 5.74) is 0.941. The van der Waals surface area contributed by atoms with Crippen LogP contribution in [-0.2, 0) is 24.3 Å². The van der Waals surface area contributed by atoms with Crippen LogP contribution in [0.15, 0.2) is 24.5 Å². The lowest BCUT2D eigenvalue weighted by atomic mass is 10.2. The molecule has 2 aromatic rings. The highest BCUT2D eigenvalue weighted by Crippen LogP contribution is 2.13. The second-order valence-electron chi connectivity index (χ2n) is 6.15. The Labute approximate surface area is 156 Å². The summed E-state index contributed by atoms with van der Waals surface area (Å²) in [5, 5.41) is 15.7. The quantitative estimate of drug-likeness (QED) is 0.765. The van der Waals surface area contributed by atoms with Crippen molar-refractivity contribution in [1.82, 2.24) is 30.7 Å². The zero-order chi connectivity index (χ0) is 18.4. The van der Waals surface area contributed by atoms with Gasteiger partial charge in [0.1, 0.15) is 10.0 Å². The van der Waals surface area contributed by atoms with E-state index >= 15 is 0 Å². The molecule has 9 heteroatoms. The number of hydrogen-bond donors (Lipinski definition) is 2. The second-order valence-corrected chi connectivity index (χ2v) is 7.29. The maximum atomic E-state index is 12.7. The van der Waals surface area contributed by atoms with Gasteiger partial charge in [0.25, 0.3) is 0 Å². The molecule has 2 N–H and O–H groups in total. The Morgan fingerprint density at radius 1 is 1.42 bits per heavy atom. The Balaban J connectivity index is 1.62. The average Bonchev–Trinajstić information content (AvgIpc) is 3.28. The standard InChI is InChI=1S/C17H22N6O2S/c1-2-15-21-22-16(26-15)9-19-17(25)23(10-12-4-3-7-18-8-12)11-13-5-6-14(24)20-13/h3-4,7-8,13H,2,5-6,9-11H2,1H3,(H,19,25)(H,20,24)/t13-/m0/s1. The summed E-state index contributed by atoms with van der Waals surface area (Å²) in [6.07, 6.45) is 5.53. The van der Waals surface area contributed by atoms with Crippen LogP contribution in [0.4, 0.5) is 4.79 Å². The van der Waals surface area contributed by atoms with Crippen molar-refractivity contribution in [2.45, 2.75) is 45.3 Å². The highest BCUT2D eigenvalue weighted by Gasteiger charge is 2.25. The number of carbonyl (C=O) groups excluding carboxylic acids is 2. The van der Waals surface area contributed by atoms with Crippen molar-refractivity contribution in [1.29, 1.82) is 0 Å². The number of carbonyl (C=O) groups is 2. The molecular formula is C17H22N6O2S. The van der Waals surface area contributed by atoms with E-state index in [1.807, 2.05) is 19.1 Å². The van der Waals surface area contributed by atoms with E-state index in [1.54, 1.807) is 17.3 Å². The van der Waals surface area contributed by atoms with Crippen LogP contribution in [0.3, 0.4) is 0 Å². The van der Waals surface area contributed by atoms with Crippen LogP contribution in [0, 0.1) is 0 Å². The van der Waals surface area contributed by atoms with Crippen LogP contribution in [0.5, 0.6) is 0 Å². The summed E-state index contributed by atoms with van der Waals surface area (Å²) < 4.78 is 0. The summed E-state index contributed by atoms with van der Waals surface area (Å²) in [4.78, 5) is 30.0. The number of nitrogens with one attached hydrogen (secondary N) is 2. The summed E-state index contributed by atoms with van der Waals surface area (Å²) in [6.45, 7) is 3.26. The zero-order valence-corrected chi connectivity index (χ0v) is 15.5. The molecule has 138 valence electrons. The number of aromatic nitrogens is 3. The van der Waals surface area contributed by atoms with E-state index in [1.165, 1.54) is 11.3 Å². The molecule has 8 nitrogen and oxygen atoms in total. The fraction of sp³-hybridized carbons (Fsp3) is 0.471. The van der Waals surface area contributed by atoms with Gasteiger partial charge in [0.05, 0.1) is 6.54 Å². The first kappa shape index (κ1) is 18.2. The van der Waals surface area contributed by atoms with Gasteiger partial charge in [-0.3, -0.25) is 9.78 Å². The third kappa shape index (κ3) is 4.98. The van der Waals surface area contributed by atoms with Crippen molar-refractivity contribution in [3.63, 3.8) is 0 Å². The first-order valence-electron chi connectivity index (χ1n) is 8.66. The molecule has 3 heterocycles. The third-order valence-electron chi connectivity index (χ3n) is 4.11. The SMILES string of the molecule is CCc1nnc(CNC(=O)N(Cc2cccnc2)C[C@@H]2CCC(=O)N2)s1. The normalized spacial score (nSPS) is 16.3. The number of hydrogen-bond acceptors (Lipinski definition) is 6. The van der Waals surface area contributed by atoms with Gasteiger partial charge in [0, 0.05) is 37.9 Å². The van der Waals surface area contributed by atoms with E-state index in [4.69, 9.17) is 0 Å². The van der Waals surface area contributed by atoms with Gasteiger partial charge in [-0.2, -0.15) is 0 Å². The van der Waals surface area contributed by atoms with Gasteiger partial charge < -0.3 is 15.5 Å². The maximum absolute atomic E-state index is 12.7. The largest absolute Gasteiger partial charge is 0.352 e. The average molecular weight is 374 g/mol. The van der Waals surface area contributed by atoms with Gasteiger partial charge in [0.15, 0.2) is 0 Å². The molecule has 1 saturated heterocycles. The molecule has 3 amide bonds. The molecule has 1 fully saturated rings. The number of amides is 3. The minimum Gasteiger partial charge on any atom is -0.352 e. The summed E-state index contributed by atoms with van der Waals surface area (Å²) in [7, 11) is 0. The highest BCUT2D eigenvalue weighted by atomic mass is 32.1. The van der Waals surface area contributed by atoms with Gasteiger partial charge in [-0.1, -0.05) is 24.3 Å². The van der Waals surface area contributed by atoms with Gasteiger partial charge in [-0.05, 0) is 24.5 Å². The fourth-order valence-corrected chi connectivity index (χ4v) is 3.50. The molecule has 0 saturated carbocycles. The van der Waals surface area contributed by atoms with Gasteiger partial charge in [0.2, 0.25) is 5.91 Å². The lowest BCUT2D eigenvalue weighted by Gasteiger charge is -2.26. The first-order valence-corrected chi connectivity index (χ1v) is 9.48.